The zero-order valence-electron chi connectivity index (χ0n) is 20.1. The third kappa shape index (κ3) is 5.65. The Morgan fingerprint density at radius 1 is 0.967 bits per heavy atom. The minimum Gasteiger partial charge on any atom is -0.311 e. The zero-order valence-corrected chi connectivity index (χ0v) is 20.1. The number of anilines is 2. The molecule has 2 aromatic rings. The fraction of sp³-hybridized carbons (Fsp3) is 0.448. The fourth-order valence-corrected chi connectivity index (χ4v) is 4.09. The van der Waals surface area contributed by atoms with E-state index >= 15 is 0 Å². The molecule has 0 spiro atoms. The number of aryl methyl sites for hydroxylation is 3. The number of allylic oxidation sites excluding steroid dienone is 1. The molecule has 162 valence electrons. The van der Waals surface area contributed by atoms with Crippen LogP contribution in [0.15, 0.2) is 61.3 Å². The van der Waals surface area contributed by atoms with Gasteiger partial charge in [0.1, 0.15) is 0 Å². The Bertz CT molecular complexity index is 831. The Kier molecular flexibility index (Phi) is 8.53. The lowest BCUT2D eigenvalue weighted by atomic mass is 9.82. The van der Waals surface area contributed by atoms with Crippen LogP contribution >= 0.6 is 0 Å². The van der Waals surface area contributed by atoms with Crippen molar-refractivity contribution in [2.24, 2.45) is 0 Å². The summed E-state index contributed by atoms with van der Waals surface area (Å²) in [6.45, 7) is 21.8. The van der Waals surface area contributed by atoms with E-state index < -0.39 is 0 Å². The Morgan fingerprint density at radius 2 is 1.57 bits per heavy atom. The van der Waals surface area contributed by atoms with Gasteiger partial charge >= 0.3 is 0 Å². The molecule has 0 fully saturated rings. The maximum Gasteiger partial charge on any atom is 0.0519 e. The predicted octanol–water partition coefficient (Wildman–Crippen LogP) is 8.95. The van der Waals surface area contributed by atoms with E-state index in [1.54, 1.807) is 0 Å². The molecule has 1 heteroatoms. The van der Waals surface area contributed by atoms with E-state index in [1.807, 2.05) is 6.08 Å². The molecule has 0 atom stereocenters. The lowest BCUT2D eigenvalue weighted by molar-refractivity contribution is 0.506. The van der Waals surface area contributed by atoms with Gasteiger partial charge in [-0.25, -0.2) is 0 Å². The van der Waals surface area contributed by atoms with Crippen LogP contribution in [0, 0.1) is 13.8 Å². The molecule has 0 unspecified atom stereocenters. The van der Waals surface area contributed by atoms with Crippen LogP contribution in [-0.4, -0.2) is 0 Å². The predicted molar refractivity (Wildman–Crippen MR) is 135 cm³/mol. The summed E-state index contributed by atoms with van der Waals surface area (Å²) in [5.74, 6) is 0. The van der Waals surface area contributed by atoms with Gasteiger partial charge in [-0.15, -0.1) is 0 Å². The molecule has 0 saturated carbocycles. The Labute approximate surface area is 185 Å². The van der Waals surface area contributed by atoms with Crippen molar-refractivity contribution in [3.05, 3.63) is 83.6 Å². The van der Waals surface area contributed by atoms with Crippen molar-refractivity contribution in [2.75, 3.05) is 4.90 Å². The summed E-state index contributed by atoms with van der Waals surface area (Å²) in [4.78, 5) is 2.25. The monoisotopic (exact) mass is 403 g/mol. The Balaban J connectivity index is 2.40. The van der Waals surface area contributed by atoms with Crippen molar-refractivity contribution < 1.29 is 0 Å². The number of hydrogen-bond acceptors (Lipinski definition) is 1. The average Bonchev–Trinajstić information content (AvgIpc) is 2.73. The van der Waals surface area contributed by atoms with Gasteiger partial charge < -0.3 is 4.90 Å². The van der Waals surface area contributed by atoms with Gasteiger partial charge in [0.25, 0.3) is 0 Å². The van der Waals surface area contributed by atoms with Crippen molar-refractivity contribution >= 4 is 11.4 Å². The first kappa shape index (κ1) is 24.0. The van der Waals surface area contributed by atoms with E-state index in [2.05, 4.69) is 96.0 Å². The van der Waals surface area contributed by atoms with Crippen LogP contribution in [0.5, 0.6) is 0 Å². The van der Waals surface area contributed by atoms with Crippen LogP contribution in [0.3, 0.4) is 0 Å². The molecule has 2 aromatic carbocycles. The number of benzene rings is 2. The van der Waals surface area contributed by atoms with Crippen molar-refractivity contribution in [3.63, 3.8) is 0 Å². The summed E-state index contributed by atoms with van der Waals surface area (Å²) in [5.41, 5.74) is 8.84. The van der Waals surface area contributed by atoms with E-state index in [0.29, 0.717) is 0 Å². The molecule has 0 saturated heterocycles. The summed E-state index contributed by atoms with van der Waals surface area (Å²) in [6.07, 6.45) is 9.32. The molecule has 0 aliphatic heterocycles. The van der Waals surface area contributed by atoms with Crippen molar-refractivity contribution in [2.45, 2.75) is 85.5 Å². The molecule has 0 aromatic heterocycles. The molecule has 0 heterocycles. The summed E-state index contributed by atoms with van der Waals surface area (Å²) >= 11 is 0. The second-order valence-corrected chi connectivity index (χ2v) is 9.20. The third-order valence-corrected chi connectivity index (χ3v) is 6.41. The van der Waals surface area contributed by atoms with Crippen LogP contribution in [-0.2, 0) is 11.8 Å². The Hall–Kier alpha value is -2.28. The molecule has 0 bridgehead atoms. The van der Waals surface area contributed by atoms with Crippen molar-refractivity contribution in [1.29, 1.82) is 0 Å². The number of nitrogens with zero attached hydrogens (tertiary/aromatic N) is 1. The highest BCUT2D eigenvalue weighted by atomic mass is 15.1. The van der Waals surface area contributed by atoms with Gasteiger partial charge in [-0.3, -0.25) is 0 Å². The standard InChI is InChI=1S/C29H41N/c1-9-12-13-14-15-25-20-22(4)28(23(5)21-25)30(24(6)10-2)27-18-16-26(17-19-27)29(7,8)11-3/h10,16-21H,2,6,9,11-15H2,1,3-5,7-8H3. The van der Waals surface area contributed by atoms with Gasteiger partial charge in [0.05, 0.1) is 5.69 Å². The average molecular weight is 404 g/mol. The fourth-order valence-electron chi connectivity index (χ4n) is 4.09. The van der Waals surface area contributed by atoms with E-state index in [4.69, 9.17) is 0 Å². The van der Waals surface area contributed by atoms with Gasteiger partial charge in [-0.2, -0.15) is 0 Å². The van der Waals surface area contributed by atoms with Gasteiger partial charge in [0.2, 0.25) is 0 Å². The van der Waals surface area contributed by atoms with Crippen LogP contribution in [0.4, 0.5) is 11.4 Å². The van der Waals surface area contributed by atoms with Gasteiger partial charge in [-0.1, -0.05) is 84.4 Å². The number of unbranched alkanes of at least 4 members (excludes halogenated alkanes) is 3. The van der Waals surface area contributed by atoms with Crippen LogP contribution in [0.25, 0.3) is 0 Å². The second-order valence-electron chi connectivity index (χ2n) is 9.20. The topological polar surface area (TPSA) is 3.24 Å². The van der Waals surface area contributed by atoms with Crippen molar-refractivity contribution in [3.8, 4) is 0 Å². The Morgan fingerprint density at radius 3 is 2.07 bits per heavy atom. The van der Waals surface area contributed by atoms with Gasteiger partial charge in [0.15, 0.2) is 0 Å². The highest BCUT2D eigenvalue weighted by molar-refractivity contribution is 5.75. The van der Waals surface area contributed by atoms with E-state index in [9.17, 15) is 0 Å². The lowest BCUT2D eigenvalue weighted by Gasteiger charge is -2.30. The summed E-state index contributed by atoms with van der Waals surface area (Å²) < 4.78 is 0. The first-order valence-corrected chi connectivity index (χ1v) is 11.6. The van der Waals surface area contributed by atoms with E-state index in [0.717, 1.165) is 24.2 Å². The van der Waals surface area contributed by atoms with E-state index in [1.165, 1.54) is 53.6 Å². The van der Waals surface area contributed by atoms with E-state index in [-0.39, 0.29) is 5.41 Å². The van der Waals surface area contributed by atoms with Gasteiger partial charge in [-0.05, 0) is 79.0 Å². The molecule has 0 N–H and O–H groups in total. The molecular formula is C29H41N. The number of rotatable bonds is 11. The summed E-state index contributed by atoms with van der Waals surface area (Å²) in [6, 6.07) is 13.7. The molecule has 2 rings (SSSR count). The molecular weight excluding hydrogens is 362 g/mol. The largest absolute Gasteiger partial charge is 0.311 e. The van der Waals surface area contributed by atoms with Crippen LogP contribution in [0.2, 0.25) is 0 Å². The van der Waals surface area contributed by atoms with Crippen LogP contribution in [0.1, 0.15) is 82.1 Å². The third-order valence-electron chi connectivity index (χ3n) is 6.41. The highest BCUT2D eigenvalue weighted by Crippen LogP contribution is 2.37. The van der Waals surface area contributed by atoms with Crippen LogP contribution < -0.4 is 4.90 Å². The second kappa shape index (κ2) is 10.7. The lowest BCUT2D eigenvalue weighted by Crippen LogP contribution is -2.18. The molecule has 0 aliphatic rings. The smallest absolute Gasteiger partial charge is 0.0519 e. The van der Waals surface area contributed by atoms with Crippen molar-refractivity contribution in [1.82, 2.24) is 0 Å². The molecule has 0 amide bonds. The zero-order chi connectivity index (χ0) is 22.3. The first-order chi connectivity index (χ1) is 14.2. The highest BCUT2D eigenvalue weighted by Gasteiger charge is 2.20. The molecule has 0 radical (unpaired) electrons. The first-order valence-electron chi connectivity index (χ1n) is 11.6. The quantitative estimate of drug-likeness (QED) is 0.267. The van der Waals surface area contributed by atoms with Gasteiger partial charge in [0, 0.05) is 11.4 Å². The summed E-state index contributed by atoms with van der Waals surface area (Å²) in [7, 11) is 0. The molecule has 30 heavy (non-hydrogen) atoms. The maximum absolute atomic E-state index is 4.30. The molecule has 1 nitrogen and oxygen atoms in total. The number of hydrogen-bond donors (Lipinski definition) is 0. The molecule has 0 aliphatic carbocycles. The normalized spacial score (nSPS) is 11.4. The maximum atomic E-state index is 4.30. The minimum atomic E-state index is 0.185. The minimum absolute atomic E-state index is 0.185. The summed E-state index contributed by atoms with van der Waals surface area (Å²) in [5, 5.41) is 0. The SMILES string of the molecule is C=CC(=C)N(c1ccc(C(C)(C)CC)cc1)c1c(C)cc(CCCCCC)cc1C.